The predicted octanol–water partition coefficient (Wildman–Crippen LogP) is 3.43. The van der Waals surface area contributed by atoms with Gasteiger partial charge >= 0.3 is 8.80 Å². The second kappa shape index (κ2) is 20.3. The summed E-state index contributed by atoms with van der Waals surface area (Å²) in [5, 5.41) is 0. The summed E-state index contributed by atoms with van der Waals surface area (Å²) in [7, 11) is 7.46. The lowest BCUT2D eigenvalue weighted by Gasteiger charge is -2.30. The molecule has 0 aromatic rings. The zero-order chi connectivity index (χ0) is 21.1. The van der Waals surface area contributed by atoms with Gasteiger partial charge in [0.05, 0.1) is 27.2 Å². The van der Waals surface area contributed by atoms with Crippen molar-refractivity contribution in [3.63, 3.8) is 0 Å². The first-order valence-electron chi connectivity index (χ1n) is 11.9. The first kappa shape index (κ1) is 31.5. The second-order valence-electron chi connectivity index (χ2n) is 9.02. The molecule has 0 heterocycles. The molecule has 6 heteroatoms. The Morgan fingerprint density at radius 3 is 1.28 bits per heavy atom. The van der Waals surface area contributed by atoms with E-state index >= 15 is 0 Å². The molecule has 0 aliphatic rings. The minimum absolute atomic E-state index is 0. The van der Waals surface area contributed by atoms with Gasteiger partial charge in [-0.05, 0) is 25.7 Å². The van der Waals surface area contributed by atoms with Crippen LogP contribution in [0.1, 0.15) is 96.8 Å². The molecule has 0 aromatic heterocycles. The van der Waals surface area contributed by atoms with Crippen LogP contribution in [0.25, 0.3) is 0 Å². The molecule has 0 unspecified atom stereocenters. The lowest BCUT2D eigenvalue weighted by atomic mass is 10.1. The molecule has 4 nitrogen and oxygen atoms in total. The van der Waals surface area contributed by atoms with Gasteiger partial charge in [-0.1, -0.05) is 71.1 Å². The molecule has 0 aromatic carbocycles. The van der Waals surface area contributed by atoms with Gasteiger partial charge in [-0.15, -0.1) is 0 Å². The maximum absolute atomic E-state index is 5.51. The lowest BCUT2D eigenvalue weighted by Crippen LogP contribution is -3.00. The highest BCUT2D eigenvalue weighted by molar-refractivity contribution is 6.60. The van der Waals surface area contributed by atoms with Crippen LogP contribution in [-0.2, 0) is 13.3 Å². The fraction of sp³-hybridized carbons (Fsp3) is 1.00. The van der Waals surface area contributed by atoms with Crippen molar-refractivity contribution >= 4 is 8.80 Å². The predicted molar refractivity (Wildman–Crippen MR) is 124 cm³/mol. The van der Waals surface area contributed by atoms with E-state index in [1.807, 2.05) is 0 Å². The van der Waals surface area contributed by atoms with Gasteiger partial charge in [-0.25, -0.2) is 0 Å². The van der Waals surface area contributed by atoms with Crippen LogP contribution in [0, 0.1) is 0 Å². The fourth-order valence-electron chi connectivity index (χ4n) is 3.93. The maximum atomic E-state index is 5.51. The van der Waals surface area contributed by atoms with E-state index in [0.717, 1.165) is 16.9 Å². The van der Waals surface area contributed by atoms with Crippen LogP contribution in [0.5, 0.6) is 0 Å². The standard InChI is InChI=1S/C23H52NO3Si.ClH/c1-7-8-9-10-11-12-13-14-15-16-17-18-21-24(2,3)22-19-20-23-28(25-4,26-5)27-6;/h7-23H2,1-6H3;1H/q+1;/p-1. The van der Waals surface area contributed by atoms with Crippen LogP contribution in [0.4, 0.5) is 0 Å². The van der Waals surface area contributed by atoms with Crippen molar-refractivity contribution in [1.29, 1.82) is 0 Å². The summed E-state index contributed by atoms with van der Waals surface area (Å²) in [5.41, 5.74) is 0. The van der Waals surface area contributed by atoms with Gasteiger partial charge in [0.1, 0.15) is 0 Å². The van der Waals surface area contributed by atoms with E-state index in [0.29, 0.717) is 0 Å². The molecule has 0 saturated heterocycles. The molecule has 178 valence electrons. The number of rotatable bonds is 21. The van der Waals surface area contributed by atoms with Crippen LogP contribution in [-0.4, -0.2) is 61.8 Å². The van der Waals surface area contributed by atoms with Crippen LogP contribution >= 0.6 is 0 Å². The van der Waals surface area contributed by atoms with E-state index in [9.17, 15) is 0 Å². The molecular weight excluding hydrogens is 402 g/mol. The average molecular weight is 454 g/mol. The molecule has 0 radical (unpaired) electrons. The number of quaternary nitrogens is 1. The minimum atomic E-state index is -2.38. The van der Waals surface area contributed by atoms with Gasteiger partial charge in [0.15, 0.2) is 0 Å². The second-order valence-corrected chi connectivity index (χ2v) is 12.1. The van der Waals surface area contributed by atoms with E-state index in [2.05, 4.69) is 21.0 Å². The quantitative estimate of drug-likeness (QED) is 0.151. The molecule has 0 bridgehead atoms. The molecule has 0 atom stereocenters. The van der Waals surface area contributed by atoms with Gasteiger partial charge in [0, 0.05) is 27.4 Å². The van der Waals surface area contributed by atoms with Crippen LogP contribution in [0.15, 0.2) is 0 Å². The summed E-state index contributed by atoms with van der Waals surface area (Å²) in [4.78, 5) is 0. The van der Waals surface area contributed by atoms with Gasteiger partial charge in [0.25, 0.3) is 0 Å². The van der Waals surface area contributed by atoms with Crippen molar-refractivity contribution in [2.45, 2.75) is 103 Å². The number of halogens is 1. The minimum Gasteiger partial charge on any atom is -1.00 e. The fourth-order valence-corrected chi connectivity index (χ4v) is 5.73. The zero-order valence-electron chi connectivity index (χ0n) is 20.6. The Morgan fingerprint density at radius 2 is 0.897 bits per heavy atom. The van der Waals surface area contributed by atoms with Crippen molar-refractivity contribution in [1.82, 2.24) is 0 Å². The Morgan fingerprint density at radius 1 is 0.552 bits per heavy atom. The van der Waals surface area contributed by atoms with Crippen molar-refractivity contribution in [2.24, 2.45) is 0 Å². The SMILES string of the molecule is CCCCCCCCCCCCCC[N+](C)(C)CCCC[Si](OC)(OC)OC.[Cl-]. The van der Waals surface area contributed by atoms with Crippen molar-refractivity contribution in [3.8, 4) is 0 Å². The Kier molecular flexibility index (Phi) is 22.0. The molecule has 0 spiro atoms. The van der Waals surface area contributed by atoms with Crippen LogP contribution < -0.4 is 12.4 Å². The monoisotopic (exact) mass is 453 g/mol. The summed E-state index contributed by atoms with van der Waals surface area (Å²) in [6, 6.07) is 0.912. The zero-order valence-corrected chi connectivity index (χ0v) is 22.3. The van der Waals surface area contributed by atoms with Crippen molar-refractivity contribution < 1.29 is 30.2 Å². The number of hydrogen-bond donors (Lipinski definition) is 0. The molecule has 0 amide bonds. The third-order valence-corrected chi connectivity index (χ3v) is 8.88. The van der Waals surface area contributed by atoms with Gasteiger partial charge in [-0.3, -0.25) is 0 Å². The van der Waals surface area contributed by atoms with Crippen LogP contribution in [0.3, 0.4) is 0 Å². The Balaban J connectivity index is 0. The average Bonchev–Trinajstić information content (AvgIpc) is 2.69. The molecular formula is C23H52ClNO3Si. The Hall–Kier alpha value is 0.347. The molecule has 29 heavy (non-hydrogen) atoms. The highest BCUT2D eigenvalue weighted by Crippen LogP contribution is 2.18. The number of hydrogen-bond acceptors (Lipinski definition) is 3. The smallest absolute Gasteiger partial charge is 0.500 e. The third kappa shape index (κ3) is 17.7. The summed E-state index contributed by atoms with van der Waals surface area (Å²) in [6.07, 6.45) is 19.4. The Bertz CT molecular complexity index is 334. The molecule has 0 N–H and O–H groups in total. The van der Waals surface area contributed by atoms with Crippen molar-refractivity contribution in [2.75, 3.05) is 48.5 Å². The Labute approximate surface area is 190 Å². The highest BCUT2D eigenvalue weighted by Gasteiger charge is 2.37. The molecule has 0 aliphatic heterocycles. The molecule has 0 aliphatic carbocycles. The number of nitrogens with zero attached hydrogens (tertiary/aromatic N) is 1. The number of unbranched alkanes of at least 4 members (excludes halogenated alkanes) is 12. The van der Waals surface area contributed by atoms with E-state index in [-0.39, 0.29) is 12.4 Å². The van der Waals surface area contributed by atoms with E-state index < -0.39 is 8.80 Å². The lowest BCUT2D eigenvalue weighted by molar-refractivity contribution is -0.890. The van der Waals surface area contributed by atoms with Gasteiger partial charge < -0.3 is 30.2 Å². The molecule has 0 saturated carbocycles. The maximum Gasteiger partial charge on any atom is 0.500 e. The topological polar surface area (TPSA) is 27.7 Å². The largest absolute Gasteiger partial charge is 1.00 e. The summed E-state index contributed by atoms with van der Waals surface area (Å²) in [6.45, 7) is 4.80. The first-order chi connectivity index (χ1) is 13.4. The summed E-state index contributed by atoms with van der Waals surface area (Å²) < 4.78 is 17.6. The van der Waals surface area contributed by atoms with Gasteiger partial charge in [0.2, 0.25) is 0 Å². The van der Waals surface area contributed by atoms with E-state index in [1.165, 1.54) is 96.6 Å². The highest BCUT2D eigenvalue weighted by atomic mass is 35.5. The van der Waals surface area contributed by atoms with E-state index in [1.54, 1.807) is 21.3 Å². The normalized spacial score (nSPS) is 12.2. The molecule has 0 fully saturated rings. The van der Waals surface area contributed by atoms with Crippen molar-refractivity contribution in [3.05, 3.63) is 0 Å². The molecule has 0 rings (SSSR count). The third-order valence-electron chi connectivity index (χ3n) is 6.05. The van der Waals surface area contributed by atoms with Gasteiger partial charge in [-0.2, -0.15) is 0 Å². The summed E-state index contributed by atoms with van der Waals surface area (Å²) in [5.74, 6) is 0. The van der Waals surface area contributed by atoms with E-state index in [4.69, 9.17) is 13.3 Å². The first-order valence-corrected chi connectivity index (χ1v) is 13.9. The van der Waals surface area contributed by atoms with Crippen LogP contribution in [0.2, 0.25) is 6.04 Å². The summed E-state index contributed by atoms with van der Waals surface area (Å²) >= 11 is 0.